The molecular weight excluding hydrogens is 266 g/mol. The van der Waals surface area contributed by atoms with Crippen molar-refractivity contribution in [1.82, 2.24) is 5.32 Å². The Labute approximate surface area is 118 Å². The number of rotatable bonds is 7. The Kier molecular flexibility index (Phi) is 4.66. The predicted octanol–water partition coefficient (Wildman–Crippen LogP) is 2.26. The minimum Gasteiger partial charge on any atom is -0.490 e. The maximum atomic E-state index is 11.9. The average molecular weight is 284 g/mol. The van der Waals surface area contributed by atoms with E-state index in [2.05, 4.69) is 5.32 Å². The summed E-state index contributed by atoms with van der Waals surface area (Å²) in [6, 6.07) is 7.28. The van der Waals surface area contributed by atoms with Crippen LogP contribution in [-0.2, 0) is 9.53 Å². The fourth-order valence-corrected chi connectivity index (χ4v) is 2.13. The standard InChI is InChI=1S/C14H18ClNO3/c1-18-10-14(6-7-14)13(17)16-8-9-19-12-5-3-2-4-11(12)15/h2-5H,6-10H2,1H3,(H,16,17). The van der Waals surface area contributed by atoms with E-state index < -0.39 is 0 Å². The van der Waals surface area contributed by atoms with Crippen molar-refractivity contribution in [2.24, 2.45) is 5.41 Å². The molecule has 0 aliphatic heterocycles. The smallest absolute Gasteiger partial charge is 0.228 e. The minimum atomic E-state index is -0.293. The summed E-state index contributed by atoms with van der Waals surface area (Å²) >= 11 is 5.96. The highest BCUT2D eigenvalue weighted by molar-refractivity contribution is 6.32. The molecule has 0 spiro atoms. The molecule has 1 aromatic rings. The van der Waals surface area contributed by atoms with Crippen molar-refractivity contribution in [1.29, 1.82) is 0 Å². The van der Waals surface area contributed by atoms with Crippen LogP contribution >= 0.6 is 11.6 Å². The van der Waals surface area contributed by atoms with Gasteiger partial charge in [-0.1, -0.05) is 23.7 Å². The molecule has 0 atom stereocenters. The van der Waals surface area contributed by atoms with E-state index in [1.165, 1.54) is 0 Å². The van der Waals surface area contributed by atoms with E-state index >= 15 is 0 Å². The third-order valence-corrected chi connectivity index (χ3v) is 3.55. The van der Waals surface area contributed by atoms with E-state index in [0.29, 0.717) is 30.5 Å². The zero-order valence-electron chi connectivity index (χ0n) is 10.9. The van der Waals surface area contributed by atoms with E-state index in [0.717, 1.165) is 12.8 Å². The second-order valence-corrected chi connectivity index (χ2v) is 5.16. The van der Waals surface area contributed by atoms with Crippen molar-refractivity contribution in [2.75, 3.05) is 26.9 Å². The molecule has 0 aromatic heterocycles. The van der Waals surface area contributed by atoms with Crippen LogP contribution in [0.3, 0.4) is 0 Å². The van der Waals surface area contributed by atoms with Gasteiger partial charge in [-0.15, -0.1) is 0 Å². The van der Waals surface area contributed by atoms with Crippen LogP contribution < -0.4 is 10.1 Å². The summed E-state index contributed by atoms with van der Waals surface area (Å²) < 4.78 is 10.6. The van der Waals surface area contributed by atoms with Crippen LogP contribution in [0.4, 0.5) is 0 Å². The number of methoxy groups -OCH3 is 1. The van der Waals surface area contributed by atoms with Crippen molar-refractivity contribution < 1.29 is 14.3 Å². The lowest BCUT2D eigenvalue weighted by atomic mass is 10.1. The lowest BCUT2D eigenvalue weighted by Gasteiger charge is -2.14. The van der Waals surface area contributed by atoms with Crippen LogP contribution in [-0.4, -0.2) is 32.8 Å². The molecule has 1 amide bonds. The first-order valence-corrected chi connectivity index (χ1v) is 6.70. The van der Waals surface area contributed by atoms with E-state index in [9.17, 15) is 4.79 Å². The number of halogens is 1. The molecule has 104 valence electrons. The van der Waals surface area contributed by atoms with Crippen molar-refractivity contribution in [3.63, 3.8) is 0 Å². The van der Waals surface area contributed by atoms with Gasteiger partial charge in [-0.2, -0.15) is 0 Å². The summed E-state index contributed by atoms with van der Waals surface area (Å²) in [5.74, 6) is 0.688. The Morgan fingerprint density at radius 3 is 2.79 bits per heavy atom. The van der Waals surface area contributed by atoms with E-state index in [4.69, 9.17) is 21.1 Å². The highest BCUT2D eigenvalue weighted by atomic mass is 35.5. The van der Waals surface area contributed by atoms with Gasteiger partial charge in [-0.05, 0) is 25.0 Å². The summed E-state index contributed by atoms with van der Waals surface area (Å²) in [7, 11) is 1.62. The molecule has 1 N–H and O–H groups in total. The fourth-order valence-electron chi connectivity index (χ4n) is 1.94. The van der Waals surface area contributed by atoms with E-state index in [1.54, 1.807) is 19.2 Å². The van der Waals surface area contributed by atoms with Crippen molar-refractivity contribution in [2.45, 2.75) is 12.8 Å². The highest BCUT2D eigenvalue weighted by Gasteiger charge is 2.49. The number of carbonyl (C=O) groups is 1. The zero-order chi connectivity index (χ0) is 13.7. The maximum Gasteiger partial charge on any atom is 0.228 e. The molecular formula is C14H18ClNO3. The molecule has 4 nitrogen and oxygen atoms in total. The van der Waals surface area contributed by atoms with Crippen LogP contribution in [0.15, 0.2) is 24.3 Å². The lowest BCUT2D eigenvalue weighted by Crippen LogP contribution is -2.36. The van der Waals surface area contributed by atoms with Crippen molar-refractivity contribution in [3.8, 4) is 5.75 Å². The summed E-state index contributed by atoms with van der Waals surface area (Å²) in [6.07, 6.45) is 1.80. The molecule has 5 heteroatoms. The first-order valence-electron chi connectivity index (χ1n) is 6.32. The normalized spacial score (nSPS) is 15.9. The maximum absolute atomic E-state index is 11.9. The van der Waals surface area contributed by atoms with Crippen LogP contribution in [0.2, 0.25) is 5.02 Å². The number of hydrogen-bond donors (Lipinski definition) is 1. The summed E-state index contributed by atoms with van der Waals surface area (Å²) in [4.78, 5) is 11.9. The van der Waals surface area contributed by atoms with E-state index in [-0.39, 0.29) is 11.3 Å². The van der Waals surface area contributed by atoms with Gasteiger partial charge in [0.15, 0.2) is 0 Å². The first-order chi connectivity index (χ1) is 9.18. The molecule has 0 saturated heterocycles. The number of nitrogens with one attached hydrogen (secondary N) is 1. The topological polar surface area (TPSA) is 47.6 Å². The predicted molar refractivity (Wildman–Crippen MR) is 73.5 cm³/mol. The van der Waals surface area contributed by atoms with Crippen molar-refractivity contribution >= 4 is 17.5 Å². The number of ether oxygens (including phenoxy) is 2. The van der Waals surface area contributed by atoms with Gasteiger partial charge in [-0.25, -0.2) is 0 Å². The number of amides is 1. The Morgan fingerprint density at radius 2 is 2.16 bits per heavy atom. The molecule has 2 rings (SSSR count). The Morgan fingerprint density at radius 1 is 1.42 bits per heavy atom. The van der Waals surface area contributed by atoms with Gasteiger partial charge in [-0.3, -0.25) is 4.79 Å². The fraction of sp³-hybridized carbons (Fsp3) is 0.500. The number of carbonyl (C=O) groups excluding carboxylic acids is 1. The summed E-state index contributed by atoms with van der Waals surface area (Å²) in [6.45, 7) is 1.36. The third kappa shape index (κ3) is 3.61. The summed E-state index contributed by atoms with van der Waals surface area (Å²) in [5, 5.41) is 3.45. The largest absolute Gasteiger partial charge is 0.490 e. The average Bonchev–Trinajstić information content (AvgIpc) is 3.18. The number of benzene rings is 1. The van der Waals surface area contributed by atoms with Gasteiger partial charge in [0, 0.05) is 7.11 Å². The Hall–Kier alpha value is -1.26. The molecule has 19 heavy (non-hydrogen) atoms. The SMILES string of the molecule is COCC1(C(=O)NCCOc2ccccc2Cl)CC1. The molecule has 1 aliphatic rings. The second kappa shape index (κ2) is 6.26. The van der Waals surface area contributed by atoms with Crippen LogP contribution in [0.1, 0.15) is 12.8 Å². The van der Waals surface area contributed by atoms with Gasteiger partial charge in [0.1, 0.15) is 12.4 Å². The van der Waals surface area contributed by atoms with Gasteiger partial charge in [0.25, 0.3) is 0 Å². The first kappa shape index (κ1) is 14.2. The van der Waals surface area contributed by atoms with Gasteiger partial charge in [0.2, 0.25) is 5.91 Å². The molecule has 0 bridgehead atoms. The van der Waals surface area contributed by atoms with Gasteiger partial charge >= 0.3 is 0 Å². The molecule has 0 unspecified atom stereocenters. The van der Waals surface area contributed by atoms with Crippen molar-refractivity contribution in [3.05, 3.63) is 29.3 Å². The number of para-hydroxylation sites is 1. The van der Waals surface area contributed by atoms with Crippen LogP contribution in [0.5, 0.6) is 5.75 Å². The molecule has 0 radical (unpaired) electrons. The zero-order valence-corrected chi connectivity index (χ0v) is 11.7. The van der Waals surface area contributed by atoms with Gasteiger partial charge < -0.3 is 14.8 Å². The quantitative estimate of drug-likeness (QED) is 0.781. The minimum absolute atomic E-state index is 0.0529. The van der Waals surface area contributed by atoms with Gasteiger partial charge in [0.05, 0.1) is 23.6 Å². The number of hydrogen-bond acceptors (Lipinski definition) is 3. The monoisotopic (exact) mass is 283 g/mol. The summed E-state index contributed by atoms with van der Waals surface area (Å²) in [5.41, 5.74) is -0.293. The van der Waals surface area contributed by atoms with E-state index in [1.807, 2.05) is 12.1 Å². The van der Waals surface area contributed by atoms with Crippen LogP contribution in [0, 0.1) is 5.41 Å². The molecule has 1 aromatic carbocycles. The molecule has 1 saturated carbocycles. The third-order valence-electron chi connectivity index (χ3n) is 3.24. The Bertz CT molecular complexity index is 446. The second-order valence-electron chi connectivity index (χ2n) is 4.75. The van der Waals surface area contributed by atoms with Crippen LogP contribution in [0.25, 0.3) is 0 Å². The molecule has 0 heterocycles. The Balaban J connectivity index is 1.70. The lowest BCUT2D eigenvalue weighted by molar-refractivity contribution is -0.128. The molecule has 1 fully saturated rings. The molecule has 1 aliphatic carbocycles. The highest BCUT2D eigenvalue weighted by Crippen LogP contribution is 2.45.